The Morgan fingerprint density at radius 3 is 2.58 bits per heavy atom. The maximum atomic E-state index is 12.4. The summed E-state index contributed by atoms with van der Waals surface area (Å²) in [6.07, 6.45) is -1.38. The summed E-state index contributed by atoms with van der Waals surface area (Å²) in [4.78, 5) is 4.47. The second kappa shape index (κ2) is 9.66. The Morgan fingerprint density at radius 1 is 1.23 bits per heavy atom. The number of aliphatic hydroxyl groups excluding tert-OH is 1. The van der Waals surface area contributed by atoms with Crippen molar-refractivity contribution >= 4 is 5.96 Å². The minimum absolute atomic E-state index is 0.185. The summed E-state index contributed by atoms with van der Waals surface area (Å²) in [6.45, 7) is 1.50. The van der Waals surface area contributed by atoms with E-state index in [9.17, 15) is 18.3 Å². The Kier molecular flexibility index (Phi) is 7.56. The number of rotatable bonds is 6. The minimum Gasteiger partial charge on any atom is -0.484 e. The highest BCUT2D eigenvalue weighted by molar-refractivity contribution is 5.80. The van der Waals surface area contributed by atoms with Gasteiger partial charge in [0.05, 0.1) is 12.6 Å². The largest absolute Gasteiger partial charge is 0.484 e. The molecule has 0 aromatic heterocycles. The van der Waals surface area contributed by atoms with E-state index >= 15 is 0 Å². The van der Waals surface area contributed by atoms with E-state index in [1.807, 2.05) is 6.92 Å². The van der Waals surface area contributed by atoms with Gasteiger partial charge >= 0.3 is 6.18 Å². The second-order valence-corrected chi connectivity index (χ2v) is 6.36. The molecule has 1 aliphatic carbocycles. The molecule has 3 N–H and O–H groups in total. The number of hydrogen-bond donors (Lipinski definition) is 3. The third kappa shape index (κ3) is 7.11. The first kappa shape index (κ1) is 20.4. The normalized spacial score (nSPS) is 21.3. The van der Waals surface area contributed by atoms with Crippen LogP contribution in [0, 0.1) is 0 Å². The van der Waals surface area contributed by atoms with E-state index in [-0.39, 0.29) is 24.4 Å². The molecule has 1 fully saturated rings. The van der Waals surface area contributed by atoms with Crippen molar-refractivity contribution in [2.24, 2.45) is 4.99 Å². The summed E-state index contributed by atoms with van der Waals surface area (Å²) in [5, 5.41) is 16.1. The molecule has 0 amide bonds. The third-order valence-electron chi connectivity index (χ3n) is 4.15. The number of nitrogens with one attached hydrogen (secondary N) is 2. The number of benzene rings is 1. The zero-order valence-electron chi connectivity index (χ0n) is 14.9. The number of hydrogen-bond acceptors (Lipinski definition) is 3. The highest BCUT2D eigenvalue weighted by Gasteiger charge is 2.28. The van der Waals surface area contributed by atoms with Gasteiger partial charge in [0.2, 0.25) is 0 Å². The Bertz CT molecular complexity index is 585. The van der Waals surface area contributed by atoms with Crippen molar-refractivity contribution in [3.63, 3.8) is 0 Å². The first-order chi connectivity index (χ1) is 12.4. The van der Waals surface area contributed by atoms with E-state index in [2.05, 4.69) is 15.6 Å². The summed E-state index contributed by atoms with van der Waals surface area (Å²) < 4.78 is 42.0. The van der Waals surface area contributed by atoms with Crippen LogP contribution in [0.15, 0.2) is 29.3 Å². The van der Waals surface area contributed by atoms with Gasteiger partial charge in [-0.2, -0.15) is 13.2 Å². The predicted octanol–water partition coefficient (Wildman–Crippen LogP) is 2.99. The average molecular weight is 373 g/mol. The molecule has 146 valence electrons. The van der Waals surface area contributed by atoms with Gasteiger partial charge in [-0.05, 0) is 38.7 Å². The lowest BCUT2D eigenvalue weighted by Gasteiger charge is -2.27. The standard InChI is InChI=1S/C18H26F3N3O2/c1-2-22-17(24-14-7-9-15(25)10-8-14)23-11-13-5-3-4-6-16(13)26-12-18(19,20)21/h3-6,14-15,25H,2,7-12H2,1H3,(H2,22,23,24). The van der Waals surface area contributed by atoms with Crippen LogP contribution in [0.3, 0.4) is 0 Å². The van der Waals surface area contributed by atoms with Crippen LogP contribution in [-0.2, 0) is 6.54 Å². The van der Waals surface area contributed by atoms with Crippen molar-refractivity contribution in [2.75, 3.05) is 13.2 Å². The lowest BCUT2D eigenvalue weighted by atomic mass is 9.93. The molecule has 1 aromatic carbocycles. The zero-order chi connectivity index (χ0) is 19.0. The van der Waals surface area contributed by atoms with Crippen molar-refractivity contribution in [3.8, 4) is 5.75 Å². The van der Waals surface area contributed by atoms with Crippen molar-refractivity contribution in [1.82, 2.24) is 10.6 Å². The van der Waals surface area contributed by atoms with Gasteiger partial charge in [0.15, 0.2) is 12.6 Å². The van der Waals surface area contributed by atoms with Crippen LogP contribution in [0.5, 0.6) is 5.75 Å². The van der Waals surface area contributed by atoms with E-state index in [0.29, 0.717) is 18.1 Å². The van der Waals surface area contributed by atoms with Gasteiger partial charge in [0.25, 0.3) is 0 Å². The van der Waals surface area contributed by atoms with Crippen molar-refractivity contribution in [2.45, 2.75) is 57.5 Å². The van der Waals surface area contributed by atoms with Crippen LogP contribution < -0.4 is 15.4 Å². The van der Waals surface area contributed by atoms with Gasteiger partial charge < -0.3 is 20.5 Å². The number of halogens is 3. The highest BCUT2D eigenvalue weighted by atomic mass is 19.4. The third-order valence-corrected chi connectivity index (χ3v) is 4.15. The minimum atomic E-state index is -4.38. The summed E-state index contributed by atoms with van der Waals surface area (Å²) in [5.41, 5.74) is 0.591. The molecule has 1 aliphatic rings. The van der Waals surface area contributed by atoms with Gasteiger partial charge in [-0.1, -0.05) is 18.2 Å². The number of aliphatic hydroxyl groups is 1. The Hall–Kier alpha value is -1.96. The van der Waals surface area contributed by atoms with Gasteiger partial charge in [-0.3, -0.25) is 0 Å². The van der Waals surface area contributed by atoms with Crippen molar-refractivity contribution in [3.05, 3.63) is 29.8 Å². The molecule has 0 spiro atoms. The molecule has 1 aromatic rings. The van der Waals surface area contributed by atoms with Gasteiger partial charge in [-0.25, -0.2) is 4.99 Å². The fourth-order valence-electron chi connectivity index (χ4n) is 2.83. The fourth-order valence-corrected chi connectivity index (χ4v) is 2.83. The molecule has 0 atom stereocenters. The van der Waals surface area contributed by atoms with Crippen LogP contribution in [0.2, 0.25) is 0 Å². The molecule has 0 bridgehead atoms. The van der Waals surface area contributed by atoms with Crippen LogP contribution >= 0.6 is 0 Å². The number of para-hydroxylation sites is 1. The molecule has 0 heterocycles. The molecule has 0 saturated heterocycles. The highest BCUT2D eigenvalue weighted by Crippen LogP contribution is 2.23. The first-order valence-electron chi connectivity index (χ1n) is 8.87. The summed E-state index contributed by atoms with van der Waals surface area (Å²) in [5.74, 6) is 0.796. The van der Waals surface area contributed by atoms with Gasteiger partial charge in [0, 0.05) is 18.2 Å². The quantitative estimate of drug-likeness (QED) is 0.530. The average Bonchev–Trinajstić information content (AvgIpc) is 2.60. The van der Waals surface area contributed by atoms with Gasteiger partial charge in [0.1, 0.15) is 5.75 Å². The van der Waals surface area contributed by atoms with Crippen LogP contribution in [0.1, 0.15) is 38.2 Å². The number of ether oxygens (including phenoxy) is 1. The number of aliphatic imine (C=N–C) groups is 1. The molecule has 2 rings (SSSR count). The van der Waals surface area contributed by atoms with E-state index in [0.717, 1.165) is 25.7 Å². The van der Waals surface area contributed by atoms with E-state index < -0.39 is 12.8 Å². The maximum Gasteiger partial charge on any atom is 0.422 e. The van der Waals surface area contributed by atoms with E-state index in [1.54, 1.807) is 18.2 Å². The maximum absolute atomic E-state index is 12.4. The van der Waals surface area contributed by atoms with Crippen LogP contribution in [-0.4, -0.2) is 42.5 Å². The van der Waals surface area contributed by atoms with Crippen molar-refractivity contribution in [1.29, 1.82) is 0 Å². The predicted molar refractivity (Wildman–Crippen MR) is 94.2 cm³/mol. The van der Waals surface area contributed by atoms with Crippen LogP contribution in [0.25, 0.3) is 0 Å². The fraction of sp³-hybridized carbons (Fsp3) is 0.611. The molecule has 0 unspecified atom stereocenters. The molecule has 26 heavy (non-hydrogen) atoms. The molecule has 8 heteroatoms. The molecule has 0 aliphatic heterocycles. The molecule has 1 saturated carbocycles. The monoisotopic (exact) mass is 373 g/mol. The number of nitrogens with zero attached hydrogens (tertiary/aromatic N) is 1. The van der Waals surface area contributed by atoms with Crippen molar-refractivity contribution < 1.29 is 23.0 Å². The topological polar surface area (TPSA) is 65.9 Å². The summed E-state index contributed by atoms with van der Waals surface area (Å²) in [7, 11) is 0. The Labute approximate surface area is 151 Å². The lowest BCUT2D eigenvalue weighted by molar-refractivity contribution is -0.153. The molecular formula is C18H26F3N3O2. The SMILES string of the molecule is CCNC(=NCc1ccccc1OCC(F)(F)F)NC1CCC(O)CC1. The summed E-state index contributed by atoms with van der Waals surface area (Å²) in [6, 6.07) is 6.83. The molecule has 0 radical (unpaired) electrons. The number of guanidine groups is 1. The smallest absolute Gasteiger partial charge is 0.422 e. The van der Waals surface area contributed by atoms with Gasteiger partial charge in [-0.15, -0.1) is 0 Å². The van der Waals surface area contributed by atoms with E-state index in [1.165, 1.54) is 6.07 Å². The molecular weight excluding hydrogens is 347 g/mol. The number of alkyl halides is 3. The zero-order valence-corrected chi connectivity index (χ0v) is 14.9. The van der Waals surface area contributed by atoms with Crippen LogP contribution in [0.4, 0.5) is 13.2 Å². The van der Waals surface area contributed by atoms with E-state index in [4.69, 9.17) is 4.74 Å². The molecule has 5 nitrogen and oxygen atoms in total. The first-order valence-corrected chi connectivity index (χ1v) is 8.87. The Balaban J connectivity index is 2.00. The summed E-state index contributed by atoms with van der Waals surface area (Å²) >= 11 is 0. The second-order valence-electron chi connectivity index (χ2n) is 6.36. The lowest BCUT2D eigenvalue weighted by Crippen LogP contribution is -2.45. The Morgan fingerprint density at radius 2 is 1.92 bits per heavy atom.